The van der Waals surface area contributed by atoms with Crippen LogP contribution in [-0.2, 0) is 11.3 Å². The molecule has 1 rings (SSSR count). The van der Waals surface area contributed by atoms with Crippen LogP contribution in [0.5, 0.6) is 0 Å². The maximum atomic E-state index is 12.4. The molecule has 6 nitrogen and oxygen atoms in total. The number of rotatable bonds is 12. The lowest BCUT2D eigenvalue weighted by Gasteiger charge is -2.29. The third kappa shape index (κ3) is 10.3. The first-order valence-corrected chi connectivity index (χ1v) is 10.4. The van der Waals surface area contributed by atoms with Gasteiger partial charge >= 0.3 is 0 Å². The molecular formula is C22H39IN4O2. The molecule has 0 atom stereocenters. The van der Waals surface area contributed by atoms with E-state index in [2.05, 4.69) is 24.5 Å². The van der Waals surface area contributed by atoms with Gasteiger partial charge in [0.15, 0.2) is 5.96 Å². The number of hydrogen-bond acceptors (Lipinski definition) is 3. The molecule has 1 amide bonds. The predicted molar refractivity (Wildman–Crippen MR) is 132 cm³/mol. The number of carbonyl (C=O) groups excluding carboxylic acids is 1. The van der Waals surface area contributed by atoms with E-state index in [1.165, 1.54) is 0 Å². The second-order valence-electron chi connectivity index (χ2n) is 7.29. The Morgan fingerprint density at radius 3 is 2.34 bits per heavy atom. The number of amides is 1. The number of nitrogens with one attached hydrogen (secondary N) is 2. The number of hydrogen-bond donors (Lipinski definition) is 3. The van der Waals surface area contributed by atoms with Gasteiger partial charge in [-0.05, 0) is 37.2 Å². The molecule has 0 aliphatic rings. The molecule has 0 aromatic heterocycles. The van der Waals surface area contributed by atoms with E-state index in [4.69, 9.17) is 4.99 Å². The van der Waals surface area contributed by atoms with Gasteiger partial charge in [-0.25, -0.2) is 0 Å². The standard InChI is InChI=1S/C22H38N4O2.HI/c1-5-22(6-2,14-16-27)18-25-21(23-7-3)24-15-13-20(28)26(4)17-19-11-9-8-10-12-19;/h8-12,27H,5-7,13-18H2,1-4H3,(H2,23,24,25);1H. The van der Waals surface area contributed by atoms with Crippen molar-refractivity contribution < 1.29 is 9.90 Å². The van der Waals surface area contributed by atoms with Gasteiger partial charge in [0.05, 0.1) is 0 Å². The fourth-order valence-corrected chi connectivity index (χ4v) is 3.16. The fourth-order valence-electron chi connectivity index (χ4n) is 3.16. The largest absolute Gasteiger partial charge is 0.396 e. The molecular weight excluding hydrogens is 479 g/mol. The summed E-state index contributed by atoms with van der Waals surface area (Å²) in [6.45, 7) is 9.09. The second-order valence-corrected chi connectivity index (χ2v) is 7.29. The van der Waals surface area contributed by atoms with E-state index in [9.17, 15) is 9.90 Å². The van der Waals surface area contributed by atoms with E-state index in [1.807, 2.05) is 44.3 Å². The summed E-state index contributed by atoms with van der Waals surface area (Å²) in [4.78, 5) is 18.8. The zero-order chi connectivity index (χ0) is 20.8. The molecule has 0 saturated heterocycles. The molecule has 0 unspecified atom stereocenters. The Labute approximate surface area is 193 Å². The van der Waals surface area contributed by atoms with Gasteiger partial charge in [-0.3, -0.25) is 9.79 Å². The maximum Gasteiger partial charge on any atom is 0.224 e. The van der Waals surface area contributed by atoms with E-state index in [-0.39, 0.29) is 41.9 Å². The number of aliphatic imine (C=N–C) groups is 1. The van der Waals surface area contributed by atoms with Crippen LogP contribution in [0.4, 0.5) is 0 Å². The van der Waals surface area contributed by atoms with Crippen LogP contribution in [0.2, 0.25) is 0 Å². The van der Waals surface area contributed by atoms with E-state index in [0.29, 0.717) is 26.1 Å². The van der Waals surface area contributed by atoms with Crippen LogP contribution < -0.4 is 10.6 Å². The molecule has 1 aromatic carbocycles. The average molecular weight is 518 g/mol. The number of carbonyl (C=O) groups is 1. The summed E-state index contributed by atoms with van der Waals surface area (Å²) in [7, 11) is 1.83. The molecule has 0 spiro atoms. The Balaban J connectivity index is 0.00000784. The first-order chi connectivity index (χ1) is 13.5. The zero-order valence-corrected chi connectivity index (χ0v) is 20.7. The highest BCUT2D eigenvalue weighted by molar-refractivity contribution is 14.0. The van der Waals surface area contributed by atoms with E-state index in [0.717, 1.165) is 37.3 Å². The number of halogens is 1. The number of aliphatic hydroxyl groups is 1. The minimum atomic E-state index is 0. The molecule has 0 aliphatic heterocycles. The monoisotopic (exact) mass is 518 g/mol. The highest BCUT2D eigenvalue weighted by Gasteiger charge is 2.25. The fraction of sp³-hybridized carbons (Fsp3) is 0.636. The van der Waals surface area contributed by atoms with Gasteiger partial charge in [0.25, 0.3) is 0 Å². The minimum absolute atomic E-state index is 0. The molecule has 3 N–H and O–H groups in total. The Morgan fingerprint density at radius 2 is 1.79 bits per heavy atom. The number of guanidine groups is 1. The molecule has 29 heavy (non-hydrogen) atoms. The van der Waals surface area contributed by atoms with Crippen molar-refractivity contribution in [2.75, 3.05) is 33.3 Å². The number of benzene rings is 1. The van der Waals surface area contributed by atoms with Crippen LogP contribution in [0.15, 0.2) is 35.3 Å². The van der Waals surface area contributed by atoms with Crippen molar-refractivity contribution in [1.82, 2.24) is 15.5 Å². The van der Waals surface area contributed by atoms with Crippen LogP contribution in [0.1, 0.15) is 52.0 Å². The molecule has 0 heterocycles. The third-order valence-electron chi connectivity index (χ3n) is 5.38. The van der Waals surface area contributed by atoms with Crippen molar-refractivity contribution in [3.63, 3.8) is 0 Å². The molecule has 0 saturated carbocycles. The summed E-state index contributed by atoms with van der Waals surface area (Å²) in [5.41, 5.74) is 1.16. The first kappa shape index (κ1) is 27.6. The first-order valence-electron chi connectivity index (χ1n) is 10.4. The molecule has 0 radical (unpaired) electrons. The van der Waals surface area contributed by atoms with Gasteiger partial charge in [0.2, 0.25) is 5.91 Å². The SMILES string of the molecule is CCNC(=NCC(CC)(CC)CCO)NCCC(=O)N(C)Cc1ccccc1.I. The lowest BCUT2D eigenvalue weighted by atomic mass is 9.79. The average Bonchev–Trinajstić information content (AvgIpc) is 2.71. The van der Waals surface area contributed by atoms with Gasteiger partial charge in [-0.1, -0.05) is 44.2 Å². The van der Waals surface area contributed by atoms with Crippen molar-refractivity contribution in [2.24, 2.45) is 10.4 Å². The summed E-state index contributed by atoms with van der Waals surface area (Å²) in [6.07, 6.45) is 3.13. The summed E-state index contributed by atoms with van der Waals surface area (Å²) >= 11 is 0. The Hall–Kier alpha value is -1.35. The second kappa shape index (κ2) is 15.5. The smallest absolute Gasteiger partial charge is 0.224 e. The predicted octanol–water partition coefficient (Wildman–Crippen LogP) is 3.40. The van der Waals surface area contributed by atoms with E-state index in [1.54, 1.807) is 4.90 Å². The Bertz CT molecular complexity index is 592. The molecule has 1 aromatic rings. The van der Waals surface area contributed by atoms with Gasteiger partial charge < -0.3 is 20.6 Å². The third-order valence-corrected chi connectivity index (χ3v) is 5.38. The lowest BCUT2D eigenvalue weighted by molar-refractivity contribution is -0.130. The Morgan fingerprint density at radius 1 is 1.14 bits per heavy atom. The normalized spacial score (nSPS) is 11.6. The number of nitrogens with zero attached hydrogens (tertiary/aromatic N) is 2. The summed E-state index contributed by atoms with van der Waals surface area (Å²) < 4.78 is 0. The highest BCUT2D eigenvalue weighted by Crippen LogP contribution is 2.30. The highest BCUT2D eigenvalue weighted by atomic mass is 127. The van der Waals surface area contributed by atoms with Gasteiger partial charge in [0.1, 0.15) is 0 Å². The maximum absolute atomic E-state index is 12.4. The van der Waals surface area contributed by atoms with E-state index >= 15 is 0 Å². The lowest BCUT2D eigenvalue weighted by Crippen LogP contribution is -2.40. The topological polar surface area (TPSA) is 77.0 Å². The Kier molecular flexibility index (Phi) is 14.8. The molecule has 0 bridgehead atoms. The minimum Gasteiger partial charge on any atom is -0.396 e. The van der Waals surface area contributed by atoms with Gasteiger partial charge in [-0.15, -0.1) is 24.0 Å². The van der Waals surface area contributed by atoms with Crippen molar-refractivity contribution >= 4 is 35.8 Å². The molecule has 0 aliphatic carbocycles. The summed E-state index contributed by atoms with van der Waals surface area (Å²) in [6, 6.07) is 9.99. The van der Waals surface area contributed by atoms with Crippen molar-refractivity contribution in [3.8, 4) is 0 Å². The molecule has 0 fully saturated rings. The molecule has 7 heteroatoms. The van der Waals surface area contributed by atoms with Crippen molar-refractivity contribution in [2.45, 2.75) is 53.0 Å². The van der Waals surface area contributed by atoms with E-state index < -0.39 is 0 Å². The zero-order valence-electron chi connectivity index (χ0n) is 18.4. The van der Waals surface area contributed by atoms with Crippen molar-refractivity contribution in [3.05, 3.63) is 35.9 Å². The van der Waals surface area contributed by atoms with Crippen LogP contribution in [0.25, 0.3) is 0 Å². The van der Waals surface area contributed by atoms with Crippen LogP contribution in [-0.4, -0.2) is 55.2 Å². The number of aliphatic hydroxyl groups excluding tert-OH is 1. The van der Waals surface area contributed by atoms with Crippen molar-refractivity contribution in [1.29, 1.82) is 0 Å². The van der Waals surface area contributed by atoms with Gasteiger partial charge in [-0.2, -0.15) is 0 Å². The summed E-state index contributed by atoms with van der Waals surface area (Å²) in [5, 5.41) is 15.9. The quantitative estimate of drug-likeness (QED) is 0.225. The molecule has 166 valence electrons. The van der Waals surface area contributed by atoms with Crippen LogP contribution in [0.3, 0.4) is 0 Å². The van der Waals surface area contributed by atoms with Gasteiger partial charge in [0, 0.05) is 46.3 Å². The van der Waals surface area contributed by atoms with Crippen LogP contribution >= 0.6 is 24.0 Å². The van der Waals surface area contributed by atoms with Crippen LogP contribution in [0, 0.1) is 5.41 Å². The summed E-state index contributed by atoms with van der Waals surface area (Å²) in [5.74, 6) is 0.828.